The molecule has 0 fully saturated rings. The van der Waals surface area contributed by atoms with E-state index in [2.05, 4.69) is 62.4 Å². The maximum Gasteiger partial charge on any atom is 0.0355 e. The standard InChI is InChI=1S/C16H14S/c1-11-3-6-13(7-4-11)16-10-14-9-12(2)5-8-15(14)17-16/h3-10H,1-2H3. The lowest BCUT2D eigenvalue weighted by molar-refractivity contribution is 1.48. The van der Waals surface area contributed by atoms with Gasteiger partial charge in [0.05, 0.1) is 0 Å². The van der Waals surface area contributed by atoms with Gasteiger partial charge in [-0.3, -0.25) is 0 Å². The Labute approximate surface area is 106 Å². The normalized spacial score (nSPS) is 10.9. The van der Waals surface area contributed by atoms with Crippen molar-refractivity contribution in [1.29, 1.82) is 0 Å². The molecule has 0 nitrogen and oxygen atoms in total. The number of hydrogen-bond acceptors (Lipinski definition) is 1. The lowest BCUT2D eigenvalue weighted by Gasteiger charge is -1.96. The second-order valence-corrected chi connectivity index (χ2v) is 5.60. The van der Waals surface area contributed by atoms with Gasteiger partial charge in [0, 0.05) is 9.58 Å². The average molecular weight is 238 g/mol. The zero-order chi connectivity index (χ0) is 11.8. The highest BCUT2D eigenvalue weighted by atomic mass is 32.1. The maximum absolute atomic E-state index is 2.29. The van der Waals surface area contributed by atoms with Gasteiger partial charge >= 0.3 is 0 Å². The summed E-state index contributed by atoms with van der Waals surface area (Å²) in [6.07, 6.45) is 0. The molecule has 0 radical (unpaired) electrons. The van der Waals surface area contributed by atoms with Crippen molar-refractivity contribution in [3.63, 3.8) is 0 Å². The molecule has 0 unspecified atom stereocenters. The molecular formula is C16H14S. The van der Waals surface area contributed by atoms with Gasteiger partial charge in [-0.1, -0.05) is 47.5 Å². The van der Waals surface area contributed by atoms with Crippen LogP contribution < -0.4 is 0 Å². The van der Waals surface area contributed by atoms with Gasteiger partial charge in [-0.2, -0.15) is 0 Å². The van der Waals surface area contributed by atoms with Gasteiger partial charge in [0.1, 0.15) is 0 Å². The van der Waals surface area contributed by atoms with Crippen LogP contribution in [0, 0.1) is 13.8 Å². The first kappa shape index (κ1) is 10.5. The third-order valence-electron chi connectivity index (χ3n) is 3.01. The van der Waals surface area contributed by atoms with E-state index < -0.39 is 0 Å². The van der Waals surface area contributed by atoms with Gasteiger partial charge in [-0.25, -0.2) is 0 Å². The fraction of sp³-hybridized carbons (Fsp3) is 0.125. The highest BCUT2D eigenvalue weighted by Crippen LogP contribution is 2.33. The van der Waals surface area contributed by atoms with E-state index in [1.54, 1.807) is 0 Å². The van der Waals surface area contributed by atoms with Crippen LogP contribution in [0.25, 0.3) is 20.5 Å². The van der Waals surface area contributed by atoms with Gasteiger partial charge in [-0.15, -0.1) is 11.3 Å². The molecule has 1 heteroatoms. The SMILES string of the molecule is Cc1ccc(-c2cc3cc(C)ccc3s2)cc1. The van der Waals surface area contributed by atoms with Crippen LogP contribution in [0.1, 0.15) is 11.1 Å². The Hall–Kier alpha value is -1.60. The molecule has 0 saturated heterocycles. The third kappa shape index (κ3) is 1.98. The van der Waals surface area contributed by atoms with Crippen LogP contribution in [-0.4, -0.2) is 0 Å². The molecule has 0 bridgehead atoms. The second-order valence-electron chi connectivity index (χ2n) is 4.52. The van der Waals surface area contributed by atoms with E-state index in [0.29, 0.717) is 0 Å². The predicted octanol–water partition coefficient (Wildman–Crippen LogP) is 5.19. The maximum atomic E-state index is 2.29. The number of benzene rings is 2. The fourth-order valence-corrected chi connectivity index (χ4v) is 3.07. The first-order valence-electron chi connectivity index (χ1n) is 5.79. The largest absolute Gasteiger partial charge is 0.135 e. The average Bonchev–Trinajstić information content (AvgIpc) is 2.72. The fourth-order valence-electron chi connectivity index (χ4n) is 2.02. The number of hydrogen-bond donors (Lipinski definition) is 0. The second kappa shape index (κ2) is 4.01. The molecule has 84 valence electrons. The lowest BCUT2D eigenvalue weighted by Crippen LogP contribution is -1.73. The van der Waals surface area contributed by atoms with E-state index in [4.69, 9.17) is 0 Å². The van der Waals surface area contributed by atoms with Gasteiger partial charge in [0.15, 0.2) is 0 Å². The van der Waals surface area contributed by atoms with Crippen molar-refractivity contribution in [2.45, 2.75) is 13.8 Å². The minimum Gasteiger partial charge on any atom is -0.135 e. The zero-order valence-corrected chi connectivity index (χ0v) is 10.8. The molecular weight excluding hydrogens is 224 g/mol. The van der Waals surface area contributed by atoms with E-state index in [1.807, 2.05) is 11.3 Å². The smallest absolute Gasteiger partial charge is 0.0355 e. The van der Waals surface area contributed by atoms with E-state index in [9.17, 15) is 0 Å². The predicted molar refractivity (Wildman–Crippen MR) is 76.7 cm³/mol. The highest BCUT2D eigenvalue weighted by molar-refractivity contribution is 7.22. The Kier molecular flexibility index (Phi) is 2.49. The Balaban J connectivity index is 2.14. The van der Waals surface area contributed by atoms with Crippen molar-refractivity contribution in [3.05, 3.63) is 59.7 Å². The van der Waals surface area contributed by atoms with Crippen molar-refractivity contribution < 1.29 is 0 Å². The van der Waals surface area contributed by atoms with Crippen LogP contribution in [0.15, 0.2) is 48.5 Å². The molecule has 0 aliphatic heterocycles. The highest BCUT2D eigenvalue weighted by Gasteiger charge is 2.03. The van der Waals surface area contributed by atoms with E-state index in [-0.39, 0.29) is 0 Å². The minimum atomic E-state index is 1.31. The van der Waals surface area contributed by atoms with Crippen LogP contribution in [0.3, 0.4) is 0 Å². The van der Waals surface area contributed by atoms with Crippen molar-refractivity contribution in [3.8, 4) is 10.4 Å². The lowest BCUT2D eigenvalue weighted by atomic mass is 10.1. The molecule has 0 aliphatic rings. The Morgan fingerprint density at radius 2 is 1.47 bits per heavy atom. The first-order chi connectivity index (χ1) is 8.22. The molecule has 0 spiro atoms. The minimum absolute atomic E-state index is 1.31. The van der Waals surface area contributed by atoms with E-state index >= 15 is 0 Å². The molecule has 0 amide bonds. The third-order valence-corrected chi connectivity index (χ3v) is 4.17. The summed E-state index contributed by atoms with van der Waals surface area (Å²) in [7, 11) is 0. The summed E-state index contributed by atoms with van der Waals surface area (Å²) in [4.78, 5) is 1.35. The molecule has 2 aromatic carbocycles. The van der Waals surface area contributed by atoms with E-state index in [0.717, 1.165) is 0 Å². The van der Waals surface area contributed by atoms with Crippen LogP contribution >= 0.6 is 11.3 Å². The van der Waals surface area contributed by atoms with Crippen LogP contribution in [0.5, 0.6) is 0 Å². The van der Waals surface area contributed by atoms with Crippen molar-refractivity contribution in [2.75, 3.05) is 0 Å². The Morgan fingerprint density at radius 3 is 2.24 bits per heavy atom. The summed E-state index contributed by atoms with van der Waals surface area (Å²) in [5.41, 5.74) is 3.95. The summed E-state index contributed by atoms with van der Waals surface area (Å²) in [5.74, 6) is 0. The number of thiophene rings is 1. The van der Waals surface area contributed by atoms with Crippen molar-refractivity contribution >= 4 is 21.4 Å². The van der Waals surface area contributed by atoms with Crippen LogP contribution in [0.2, 0.25) is 0 Å². The summed E-state index contributed by atoms with van der Waals surface area (Å²) in [6, 6.07) is 17.7. The summed E-state index contributed by atoms with van der Waals surface area (Å²) in [6.45, 7) is 4.26. The van der Waals surface area contributed by atoms with Crippen LogP contribution in [0.4, 0.5) is 0 Å². The Bertz CT molecular complexity index is 660. The topological polar surface area (TPSA) is 0 Å². The molecule has 0 aliphatic carbocycles. The molecule has 0 atom stereocenters. The van der Waals surface area contributed by atoms with Crippen molar-refractivity contribution in [2.24, 2.45) is 0 Å². The zero-order valence-electron chi connectivity index (χ0n) is 10.0. The molecule has 1 heterocycles. The summed E-state index contributed by atoms with van der Waals surface area (Å²) in [5, 5.41) is 1.35. The first-order valence-corrected chi connectivity index (χ1v) is 6.61. The molecule has 0 saturated carbocycles. The number of aryl methyl sites for hydroxylation is 2. The van der Waals surface area contributed by atoms with Gasteiger partial charge in [0.25, 0.3) is 0 Å². The Morgan fingerprint density at radius 1 is 0.765 bits per heavy atom. The van der Waals surface area contributed by atoms with Crippen LogP contribution in [-0.2, 0) is 0 Å². The summed E-state index contributed by atoms with van der Waals surface area (Å²) < 4.78 is 1.37. The quantitative estimate of drug-likeness (QED) is 0.547. The molecule has 17 heavy (non-hydrogen) atoms. The van der Waals surface area contributed by atoms with Gasteiger partial charge in [-0.05, 0) is 36.9 Å². The van der Waals surface area contributed by atoms with Gasteiger partial charge < -0.3 is 0 Å². The monoisotopic (exact) mass is 238 g/mol. The van der Waals surface area contributed by atoms with E-state index in [1.165, 1.54) is 31.7 Å². The van der Waals surface area contributed by atoms with Crippen molar-refractivity contribution in [1.82, 2.24) is 0 Å². The number of fused-ring (bicyclic) bond motifs is 1. The molecule has 0 N–H and O–H groups in total. The van der Waals surface area contributed by atoms with Gasteiger partial charge in [0.2, 0.25) is 0 Å². The molecule has 1 aromatic heterocycles. The number of rotatable bonds is 1. The summed E-state index contributed by atoms with van der Waals surface area (Å²) >= 11 is 1.86. The molecule has 3 rings (SSSR count). The molecule has 3 aromatic rings.